The van der Waals surface area contributed by atoms with Crippen LogP contribution < -0.4 is 23.8 Å². The molecular formula is C23H24ClN3O7S2. The summed E-state index contributed by atoms with van der Waals surface area (Å²) in [7, 11) is -4.94. The first-order valence-electron chi connectivity index (χ1n) is 10.3. The highest BCUT2D eigenvalue weighted by atomic mass is 35.5. The van der Waals surface area contributed by atoms with Gasteiger partial charge in [0.25, 0.3) is 10.0 Å². The third-order valence-electron chi connectivity index (χ3n) is 4.91. The SMILES string of the molecule is COc1ccc(OC)c(NS(=O)(=O)c2ccc(NC(=O)CN(c3ccccc3Cl)S(C)(=O)=O)cc2)c1. The lowest BCUT2D eigenvalue weighted by atomic mass is 10.3. The van der Waals surface area contributed by atoms with Gasteiger partial charge in [-0.25, -0.2) is 16.8 Å². The van der Waals surface area contributed by atoms with Crippen LogP contribution in [0.25, 0.3) is 0 Å². The van der Waals surface area contributed by atoms with E-state index in [0.717, 1.165) is 10.6 Å². The second kappa shape index (κ2) is 11.1. The lowest BCUT2D eigenvalue weighted by molar-refractivity contribution is -0.114. The molecule has 0 aliphatic heterocycles. The number of amides is 1. The van der Waals surface area contributed by atoms with Gasteiger partial charge in [0.15, 0.2) is 0 Å². The summed E-state index contributed by atoms with van der Waals surface area (Å²) in [5.41, 5.74) is 0.623. The number of anilines is 3. The van der Waals surface area contributed by atoms with Gasteiger partial charge in [-0.1, -0.05) is 23.7 Å². The number of benzene rings is 3. The van der Waals surface area contributed by atoms with Crippen molar-refractivity contribution in [1.82, 2.24) is 0 Å². The molecule has 3 aromatic carbocycles. The molecule has 0 fully saturated rings. The number of para-hydroxylation sites is 1. The van der Waals surface area contributed by atoms with Crippen LogP contribution in [0.1, 0.15) is 0 Å². The molecule has 0 aliphatic rings. The average Bonchev–Trinajstić information content (AvgIpc) is 2.82. The Hall–Kier alpha value is -3.48. The number of halogens is 1. The maximum absolute atomic E-state index is 12.9. The second-order valence-corrected chi connectivity index (χ2v) is 11.5. The number of hydrogen-bond donors (Lipinski definition) is 2. The van der Waals surface area contributed by atoms with Gasteiger partial charge < -0.3 is 14.8 Å². The van der Waals surface area contributed by atoms with Gasteiger partial charge in [0.1, 0.15) is 18.0 Å². The minimum absolute atomic E-state index is 0.0702. The predicted octanol–water partition coefficient (Wildman–Crippen LogP) is 3.56. The van der Waals surface area contributed by atoms with Crippen molar-refractivity contribution in [1.29, 1.82) is 0 Å². The normalized spacial score (nSPS) is 11.4. The Morgan fingerprint density at radius 3 is 2.19 bits per heavy atom. The standard InChI is InChI=1S/C23H24ClN3O7S2/c1-33-17-10-13-22(34-2)20(14-17)26-36(31,32)18-11-8-16(9-12-18)25-23(28)15-27(35(3,29)30)21-7-5-4-6-19(21)24/h4-14,26H,15H2,1-3H3,(H,25,28). The Bertz CT molecular complexity index is 1460. The van der Waals surface area contributed by atoms with Crippen LogP contribution in [0.4, 0.5) is 17.1 Å². The molecule has 0 saturated heterocycles. The molecule has 0 heterocycles. The van der Waals surface area contributed by atoms with Crippen molar-refractivity contribution < 1.29 is 31.1 Å². The highest BCUT2D eigenvalue weighted by molar-refractivity contribution is 7.92. The Labute approximate surface area is 214 Å². The number of ether oxygens (including phenoxy) is 2. The zero-order valence-corrected chi connectivity index (χ0v) is 21.9. The van der Waals surface area contributed by atoms with Gasteiger partial charge in [-0.2, -0.15) is 0 Å². The van der Waals surface area contributed by atoms with E-state index >= 15 is 0 Å². The zero-order chi connectivity index (χ0) is 26.5. The quantitative estimate of drug-likeness (QED) is 0.392. The topological polar surface area (TPSA) is 131 Å². The molecule has 0 bridgehead atoms. The van der Waals surface area contributed by atoms with E-state index in [1.54, 1.807) is 24.3 Å². The fraction of sp³-hybridized carbons (Fsp3) is 0.174. The van der Waals surface area contributed by atoms with Crippen molar-refractivity contribution >= 4 is 54.6 Å². The van der Waals surface area contributed by atoms with Crippen LogP contribution >= 0.6 is 11.6 Å². The predicted molar refractivity (Wildman–Crippen MR) is 139 cm³/mol. The Kier molecular flexibility index (Phi) is 8.33. The van der Waals surface area contributed by atoms with Crippen LogP contribution in [0.5, 0.6) is 11.5 Å². The molecule has 0 atom stereocenters. The van der Waals surface area contributed by atoms with Crippen LogP contribution in [0.3, 0.4) is 0 Å². The van der Waals surface area contributed by atoms with Crippen molar-refractivity contribution in [3.63, 3.8) is 0 Å². The highest BCUT2D eigenvalue weighted by Crippen LogP contribution is 2.31. The van der Waals surface area contributed by atoms with Crippen LogP contribution in [0, 0.1) is 0 Å². The Morgan fingerprint density at radius 2 is 1.61 bits per heavy atom. The van der Waals surface area contributed by atoms with Gasteiger partial charge in [-0.15, -0.1) is 0 Å². The molecule has 0 radical (unpaired) electrons. The highest BCUT2D eigenvalue weighted by Gasteiger charge is 2.23. The van der Waals surface area contributed by atoms with E-state index in [1.807, 2.05) is 0 Å². The van der Waals surface area contributed by atoms with E-state index in [0.29, 0.717) is 11.5 Å². The summed E-state index contributed by atoms with van der Waals surface area (Å²) >= 11 is 6.11. The number of carbonyl (C=O) groups excluding carboxylic acids is 1. The van der Waals surface area contributed by atoms with E-state index in [2.05, 4.69) is 10.0 Å². The molecule has 10 nitrogen and oxygen atoms in total. The molecule has 1 amide bonds. The molecule has 3 rings (SSSR count). The van der Waals surface area contributed by atoms with Gasteiger partial charge in [-0.05, 0) is 48.5 Å². The number of rotatable bonds is 10. The Morgan fingerprint density at radius 1 is 0.944 bits per heavy atom. The number of methoxy groups -OCH3 is 2. The first kappa shape index (κ1) is 27.1. The summed E-state index contributed by atoms with van der Waals surface area (Å²) in [6, 6.07) is 16.3. The van der Waals surface area contributed by atoms with Gasteiger partial charge >= 0.3 is 0 Å². The van der Waals surface area contributed by atoms with Gasteiger partial charge in [0.2, 0.25) is 15.9 Å². The van der Waals surface area contributed by atoms with E-state index in [9.17, 15) is 21.6 Å². The number of carbonyl (C=O) groups is 1. The number of sulfonamides is 2. The lowest BCUT2D eigenvalue weighted by Gasteiger charge is -2.22. The molecule has 0 aliphatic carbocycles. The fourth-order valence-electron chi connectivity index (χ4n) is 3.18. The lowest BCUT2D eigenvalue weighted by Crippen LogP contribution is -2.37. The number of nitrogens with zero attached hydrogens (tertiary/aromatic N) is 1. The molecular weight excluding hydrogens is 530 g/mol. The van der Waals surface area contributed by atoms with Gasteiger partial charge in [0.05, 0.1) is 41.8 Å². The molecule has 0 saturated carbocycles. The van der Waals surface area contributed by atoms with Crippen LogP contribution in [-0.4, -0.2) is 49.8 Å². The first-order valence-corrected chi connectivity index (χ1v) is 14.0. The minimum Gasteiger partial charge on any atom is -0.497 e. The average molecular weight is 554 g/mol. The van der Waals surface area contributed by atoms with Gasteiger partial charge in [0, 0.05) is 11.8 Å². The van der Waals surface area contributed by atoms with Crippen molar-refractivity contribution in [2.45, 2.75) is 4.90 Å². The maximum Gasteiger partial charge on any atom is 0.262 e. The van der Waals surface area contributed by atoms with Crippen LogP contribution in [0.2, 0.25) is 5.02 Å². The van der Waals surface area contributed by atoms with E-state index in [4.69, 9.17) is 21.1 Å². The van der Waals surface area contributed by atoms with Crippen molar-refractivity contribution in [3.8, 4) is 11.5 Å². The third kappa shape index (κ3) is 6.59. The fourth-order valence-corrected chi connectivity index (χ4v) is 5.40. The van der Waals surface area contributed by atoms with Crippen LogP contribution in [0.15, 0.2) is 71.6 Å². The second-order valence-electron chi connectivity index (χ2n) is 7.47. The van der Waals surface area contributed by atoms with Crippen molar-refractivity contribution in [2.24, 2.45) is 0 Å². The summed E-state index contributed by atoms with van der Waals surface area (Å²) < 4.78 is 63.9. The van der Waals surface area contributed by atoms with E-state index in [1.165, 1.54) is 56.7 Å². The monoisotopic (exact) mass is 553 g/mol. The van der Waals surface area contributed by atoms with Crippen molar-refractivity contribution in [2.75, 3.05) is 41.4 Å². The molecule has 2 N–H and O–H groups in total. The molecule has 0 aromatic heterocycles. The van der Waals surface area contributed by atoms with Gasteiger partial charge in [-0.3, -0.25) is 13.8 Å². The summed E-state index contributed by atoms with van der Waals surface area (Å²) in [6.45, 7) is -0.528. The van der Waals surface area contributed by atoms with E-state index in [-0.39, 0.29) is 27.0 Å². The molecule has 192 valence electrons. The third-order valence-corrected chi connectivity index (χ3v) is 7.74. The van der Waals surface area contributed by atoms with Crippen LogP contribution in [-0.2, 0) is 24.8 Å². The summed E-state index contributed by atoms with van der Waals surface area (Å²) in [6.07, 6.45) is 0.966. The molecule has 0 unspecified atom stereocenters. The number of hydrogen-bond acceptors (Lipinski definition) is 7. The summed E-state index contributed by atoms with van der Waals surface area (Å²) in [5, 5.41) is 2.73. The summed E-state index contributed by atoms with van der Waals surface area (Å²) in [4.78, 5) is 12.5. The minimum atomic E-state index is -4.00. The molecule has 13 heteroatoms. The zero-order valence-electron chi connectivity index (χ0n) is 19.6. The Balaban J connectivity index is 1.75. The number of nitrogens with one attached hydrogen (secondary N) is 2. The molecule has 3 aromatic rings. The maximum atomic E-state index is 12.9. The largest absolute Gasteiger partial charge is 0.497 e. The molecule has 36 heavy (non-hydrogen) atoms. The smallest absolute Gasteiger partial charge is 0.262 e. The summed E-state index contributed by atoms with van der Waals surface area (Å²) in [5.74, 6) is 0.0962. The van der Waals surface area contributed by atoms with E-state index < -0.39 is 32.5 Å². The first-order chi connectivity index (χ1) is 16.9. The molecule has 0 spiro atoms. The van der Waals surface area contributed by atoms with Crippen molar-refractivity contribution in [3.05, 3.63) is 71.8 Å².